The standard InChI is InChI=1S/C19H21N3O2S/c1-23-19(7-9-24-10-8-19)12-20-17-15-11-16(14-5-3-2-4-6-14)25-18(15)22-13-21-17/h2-6,11,13H,7-10,12H2,1H3,(H,20,21,22). The van der Waals surface area contributed by atoms with Crippen LogP contribution in [-0.2, 0) is 9.47 Å². The normalized spacial score (nSPS) is 16.8. The lowest BCUT2D eigenvalue weighted by molar-refractivity contribution is -0.0807. The molecule has 0 unspecified atom stereocenters. The fourth-order valence-electron chi connectivity index (χ4n) is 3.18. The Labute approximate surface area is 151 Å². The zero-order chi connectivity index (χ0) is 17.1. The third kappa shape index (κ3) is 3.38. The van der Waals surface area contributed by atoms with E-state index in [4.69, 9.17) is 9.47 Å². The molecule has 4 rings (SSSR count). The molecule has 0 atom stereocenters. The molecular formula is C19H21N3O2S. The van der Waals surface area contributed by atoms with Gasteiger partial charge in [0.1, 0.15) is 17.0 Å². The van der Waals surface area contributed by atoms with Crippen molar-refractivity contribution in [2.24, 2.45) is 0 Å². The summed E-state index contributed by atoms with van der Waals surface area (Å²) in [5.74, 6) is 0.867. The van der Waals surface area contributed by atoms with Gasteiger partial charge < -0.3 is 14.8 Å². The highest BCUT2D eigenvalue weighted by molar-refractivity contribution is 7.21. The van der Waals surface area contributed by atoms with E-state index in [0.29, 0.717) is 0 Å². The number of aromatic nitrogens is 2. The van der Waals surface area contributed by atoms with Crippen molar-refractivity contribution in [2.45, 2.75) is 18.4 Å². The van der Waals surface area contributed by atoms with Crippen LogP contribution in [-0.4, -0.2) is 42.4 Å². The van der Waals surface area contributed by atoms with Crippen molar-refractivity contribution in [2.75, 3.05) is 32.2 Å². The maximum atomic E-state index is 5.80. The van der Waals surface area contributed by atoms with Crippen molar-refractivity contribution in [3.05, 3.63) is 42.7 Å². The van der Waals surface area contributed by atoms with Crippen LogP contribution in [0.15, 0.2) is 42.7 Å². The van der Waals surface area contributed by atoms with Crippen LogP contribution in [0.25, 0.3) is 20.7 Å². The monoisotopic (exact) mass is 355 g/mol. The minimum absolute atomic E-state index is 0.187. The van der Waals surface area contributed by atoms with Crippen LogP contribution in [0.2, 0.25) is 0 Å². The topological polar surface area (TPSA) is 56.3 Å². The number of nitrogens with one attached hydrogen (secondary N) is 1. The van der Waals surface area contributed by atoms with Gasteiger partial charge in [-0.1, -0.05) is 30.3 Å². The molecule has 2 aromatic heterocycles. The van der Waals surface area contributed by atoms with E-state index in [1.807, 2.05) is 6.07 Å². The van der Waals surface area contributed by atoms with Crippen LogP contribution >= 0.6 is 11.3 Å². The molecule has 0 amide bonds. The molecule has 1 aliphatic heterocycles. The second-order valence-electron chi connectivity index (χ2n) is 6.27. The van der Waals surface area contributed by atoms with Crippen molar-refractivity contribution in [3.63, 3.8) is 0 Å². The van der Waals surface area contributed by atoms with Crippen LogP contribution in [0.3, 0.4) is 0 Å². The van der Waals surface area contributed by atoms with E-state index in [1.54, 1.807) is 24.8 Å². The SMILES string of the molecule is COC1(CNc2ncnc3sc(-c4ccccc4)cc23)CCOCC1. The summed E-state index contributed by atoms with van der Waals surface area (Å²) in [6, 6.07) is 12.5. The van der Waals surface area contributed by atoms with Crippen molar-refractivity contribution in [1.29, 1.82) is 0 Å². The minimum Gasteiger partial charge on any atom is -0.381 e. The molecule has 1 aromatic carbocycles. The summed E-state index contributed by atoms with van der Waals surface area (Å²) in [7, 11) is 1.78. The Morgan fingerprint density at radius 3 is 2.76 bits per heavy atom. The number of thiophene rings is 1. The number of methoxy groups -OCH3 is 1. The average Bonchev–Trinajstić information content (AvgIpc) is 3.13. The van der Waals surface area contributed by atoms with Gasteiger partial charge >= 0.3 is 0 Å². The summed E-state index contributed by atoms with van der Waals surface area (Å²) in [6.07, 6.45) is 3.41. The summed E-state index contributed by atoms with van der Waals surface area (Å²) in [6.45, 7) is 2.20. The van der Waals surface area contributed by atoms with Crippen LogP contribution in [0.1, 0.15) is 12.8 Å². The summed E-state index contributed by atoms with van der Waals surface area (Å²) in [5, 5.41) is 4.55. The Bertz CT molecular complexity index is 844. The smallest absolute Gasteiger partial charge is 0.138 e. The molecule has 1 saturated heterocycles. The van der Waals surface area contributed by atoms with E-state index < -0.39 is 0 Å². The number of anilines is 1. The van der Waals surface area contributed by atoms with Crippen LogP contribution in [0.5, 0.6) is 0 Å². The van der Waals surface area contributed by atoms with Gasteiger partial charge in [0.05, 0.1) is 11.0 Å². The van der Waals surface area contributed by atoms with Gasteiger partial charge in [-0.05, 0) is 11.6 Å². The molecule has 0 spiro atoms. The lowest BCUT2D eigenvalue weighted by Gasteiger charge is -2.36. The van der Waals surface area contributed by atoms with E-state index in [0.717, 1.165) is 48.6 Å². The van der Waals surface area contributed by atoms with E-state index in [9.17, 15) is 0 Å². The first kappa shape index (κ1) is 16.4. The van der Waals surface area contributed by atoms with Gasteiger partial charge in [0.25, 0.3) is 0 Å². The molecular weight excluding hydrogens is 334 g/mol. The lowest BCUT2D eigenvalue weighted by Crippen LogP contribution is -2.44. The lowest BCUT2D eigenvalue weighted by atomic mass is 9.94. The molecule has 3 aromatic rings. The second kappa shape index (κ2) is 7.07. The maximum absolute atomic E-state index is 5.80. The third-order valence-corrected chi connectivity index (χ3v) is 5.89. The molecule has 0 radical (unpaired) electrons. The number of hydrogen-bond acceptors (Lipinski definition) is 6. The van der Waals surface area contributed by atoms with Crippen LogP contribution in [0, 0.1) is 0 Å². The number of ether oxygens (including phenoxy) is 2. The highest BCUT2D eigenvalue weighted by Gasteiger charge is 2.32. The number of benzene rings is 1. The Morgan fingerprint density at radius 1 is 1.20 bits per heavy atom. The molecule has 1 fully saturated rings. The zero-order valence-electron chi connectivity index (χ0n) is 14.2. The van der Waals surface area contributed by atoms with Crippen molar-refractivity contribution in [3.8, 4) is 10.4 Å². The first-order valence-electron chi connectivity index (χ1n) is 8.46. The average molecular weight is 355 g/mol. The predicted octanol–water partition coefficient (Wildman–Crippen LogP) is 3.97. The molecule has 130 valence electrons. The molecule has 25 heavy (non-hydrogen) atoms. The van der Waals surface area contributed by atoms with Gasteiger partial charge in [-0.15, -0.1) is 11.3 Å². The van der Waals surface area contributed by atoms with E-state index in [2.05, 4.69) is 45.6 Å². The summed E-state index contributed by atoms with van der Waals surface area (Å²) in [4.78, 5) is 11.1. The van der Waals surface area contributed by atoms with Gasteiger partial charge in [-0.2, -0.15) is 0 Å². The number of hydrogen-bond donors (Lipinski definition) is 1. The Balaban J connectivity index is 1.60. The molecule has 0 bridgehead atoms. The summed E-state index contributed by atoms with van der Waals surface area (Å²) >= 11 is 1.69. The predicted molar refractivity (Wildman–Crippen MR) is 101 cm³/mol. The van der Waals surface area contributed by atoms with Crippen molar-refractivity contribution >= 4 is 27.4 Å². The number of rotatable bonds is 5. The second-order valence-corrected chi connectivity index (χ2v) is 7.30. The van der Waals surface area contributed by atoms with Gasteiger partial charge in [0, 0.05) is 44.6 Å². The number of nitrogens with zero attached hydrogens (tertiary/aromatic N) is 2. The van der Waals surface area contributed by atoms with Gasteiger partial charge in [-0.3, -0.25) is 0 Å². The Hall–Kier alpha value is -2.02. The molecule has 3 heterocycles. The summed E-state index contributed by atoms with van der Waals surface area (Å²) in [5.41, 5.74) is 1.02. The first-order valence-corrected chi connectivity index (χ1v) is 9.28. The van der Waals surface area contributed by atoms with Gasteiger partial charge in [0.2, 0.25) is 0 Å². The van der Waals surface area contributed by atoms with Crippen LogP contribution < -0.4 is 5.32 Å². The fraction of sp³-hybridized carbons (Fsp3) is 0.368. The number of fused-ring (bicyclic) bond motifs is 1. The van der Waals surface area contributed by atoms with Crippen LogP contribution in [0.4, 0.5) is 5.82 Å². The van der Waals surface area contributed by atoms with Crippen molar-refractivity contribution in [1.82, 2.24) is 9.97 Å². The Morgan fingerprint density at radius 2 is 2.00 bits per heavy atom. The Kier molecular flexibility index (Phi) is 4.65. The van der Waals surface area contributed by atoms with E-state index in [-0.39, 0.29) is 5.60 Å². The molecule has 0 aliphatic carbocycles. The highest BCUT2D eigenvalue weighted by atomic mass is 32.1. The van der Waals surface area contributed by atoms with Gasteiger partial charge in [-0.25, -0.2) is 9.97 Å². The zero-order valence-corrected chi connectivity index (χ0v) is 15.0. The highest BCUT2D eigenvalue weighted by Crippen LogP contribution is 2.35. The third-order valence-electron chi connectivity index (χ3n) is 4.80. The quantitative estimate of drug-likeness (QED) is 0.751. The molecule has 0 saturated carbocycles. The minimum atomic E-state index is -0.187. The first-order chi connectivity index (χ1) is 12.3. The molecule has 6 heteroatoms. The maximum Gasteiger partial charge on any atom is 0.138 e. The molecule has 5 nitrogen and oxygen atoms in total. The van der Waals surface area contributed by atoms with Gasteiger partial charge in [0.15, 0.2) is 0 Å². The van der Waals surface area contributed by atoms with E-state index in [1.165, 1.54) is 10.4 Å². The summed E-state index contributed by atoms with van der Waals surface area (Å²) < 4.78 is 11.3. The molecule has 1 N–H and O–H groups in total. The van der Waals surface area contributed by atoms with E-state index >= 15 is 0 Å². The van der Waals surface area contributed by atoms with Crippen molar-refractivity contribution < 1.29 is 9.47 Å². The largest absolute Gasteiger partial charge is 0.381 e. The fourth-order valence-corrected chi connectivity index (χ4v) is 4.19. The molecule has 1 aliphatic rings.